The number of carbonyl (C=O) groups is 1. The molecule has 3 heteroatoms. The van der Waals surface area contributed by atoms with E-state index in [2.05, 4.69) is 0 Å². The standard InChI is InChI=1S/C12H20O3/c13-7-4-11-8-10(14)9-12(15-11)5-2-1-3-6-12/h11,13H,1-9H2/t11-/m1/s1. The van der Waals surface area contributed by atoms with Crippen LogP contribution in [0.25, 0.3) is 0 Å². The van der Waals surface area contributed by atoms with Crippen LogP contribution in [0, 0.1) is 0 Å². The second kappa shape index (κ2) is 4.62. The molecule has 1 N–H and O–H groups in total. The lowest BCUT2D eigenvalue weighted by atomic mass is 9.78. The fourth-order valence-electron chi connectivity index (χ4n) is 2.92. The van der Waals surface area contributed by atoms with Gasteiger partial charge in [0.05, 0.1) is 11.7 Å². The van der Waals surface area contributed by atoms with Crippen LogP contribution in [0.1, 0.15) is 51.4 Å². The third kappa shape index (κ3) is 2.58. The van der Waals surface area contributed by atoms with E-state index in [0.717, 1.165) is 12.8 Å². The molecule has 0 radical (unpaired) electrons. The van der Waals surface area contributed by atoms with Crippen molar-refractivity contribution < 1.29 is 14.6 Å². The molecule has 3 nitrogen and oxygen atoms in total. The third-order valence-corrected chi connectivity index (χ3v) is 3.61. The van der Waals surface area contributed by atoms with E-state index >= 15 is 0 Å². The lowest BCUT2D eigenvalue weighted by Crippen LogP contribution is -2.46. The summed E-state index contributed by atoms with van der Waals surface area (Å²) in [5.41, 5.74) is -0.159. The lowest BCUT2D eigenvalue weighted by Gasteiger charge is -2.43. The van der Waals surface area contributed by atoms with Gasteiger partial charge in [0, 0.05) is 19.4 Å². The Morgan fingerprint density at radius 2 is 2.07 bits per heavy atom. The molecule has 0 bridgehead atoms. The van der Waals surface area contributed by atoms with Crippen molar-refractivity contribution in [3.63, 3.8) is 0 Å². The summed E-state index contributed by atoms with van der Waals surface area (Å²) in [7, 11) is 0. The predicted molar refractivity (Wildman–Crippen MR) is 56.6 cm³/mol. The van der Waals surface area contributed by atoms with Gasteiger partial charge in [-0.2, -0.15) is 0 Å². The quantitative estimate of drug-likeness (QED) is 0.759. The summed E-state index contributed by atoms with van der Waals surface area (Å²) >= 11 is 0. The Kier molecular flexibility index (Phi) is 3.42. The van der Waals surface area contributed by atoms with E-state index in [1.54, 1.807) is 0 Å². The first kappa shape index (κ1) is 11.1. The zero-order valence-electron chi connectivity index (χ0n) is 9.21. The van der Waals surface area contributed by atoms with Crippen LogP contribution >= 0.6 is 0 Å². The first-order valence-corrected chi connectivity index (χ1v) is 6.04. The molecule has 86 valence electrons. The second-order valence-corrected chi connectivity index (χ2v) is 4.92. The topological polar surface area (TPSA) is 46.5 Å². The van der Waals surface area contributed by atoms with E-state index in [1.807, 2.05) is 0 Å². The molecule has 1 heterocycles. The molecule has 2 rings (SSSR count). The van der Waals surface area contributed by atoms with E-state index in [9.17, 15) is 4.79 Å². The van der Waals surface area contributed by atoms with Gasteiger partial charge < -0.3 is 9.84 Å². The number of aliphatic hydroxyl groups excluding tert-OH is 1. The highest BCUT2D eigenvalue weighted by Crippen LogP contribution is 2.39. The average Bonchev–Trinajstić information content (AvgIpc) is 2.17. The minimum atomic E-state index is -0.159. The SMILES string of the molecule is O=C1C[C@@H](CCO)OC2(CCCCC2)C1. The Morgan fingerprint density at radius 1 is 1.33 bits per heavy atom. The summed E-state index contributed by atoms with van der Waals surface area (Å²) in [6, 6.07) is 0. The highest BCUT2D eigenvalue weighted by molar-refractivity contribution is 5.80. The summed E-state index contributed by atoms with van der Waals surface area (Å²) in [5.74, 6) is 0.321. The molecule has 0 aromatic rings. The van der Waals surface area contributed by atoms with Crippen LogP contribution in [0.5, 0.6) is 0 Å². The Bertz CT molecular complexity index is 231. The van der Waals surface area contributed by atoms with Gasteiger partial charge in [0.15, 0.2) is 0 Å². The van der Waals surface area contributed by atoms with Gasteiger partial charge in [0.2, 0.25) is 0 Å². The van der Waals surface area contributed by atoms with Crippen LogP contribution in [0.2, 0.25) is 0 Å². The fraction of sp³-hybridized carbons (Fsp3) is 0.917. The molecule has 15 heavy (non-hydrogen) atoms. The van der Waals surface area contributed by atoms with E-state index in [4.69, 9.17) is 9.84 Å². The molecule has 1 saturated carbocycles. The van der Waals surface area contributed by atoms with Crippen LogP contribution in [-0.4, -0.2) is 29.2 Å². The maximum absolute atomic E-state index is 11.7. The van der Waals surface area contributed by atoms with Gasteiger partial charge in [0.25, 0.3) is 0 Å². The van der Waals surface area contributed by atoms with Crippen LogP contribution in [0.4, 0.5) is 0 Å². The average molecular weight is 212 g/mol. The van der Waals surface area contributed by atoms with Crippen molar-refractivity contribution in [1.82, 2.24) is 0 Å². The maximum atomic E-state index is 11.7. The zero-order chi connectivity index (χ0) is 10.7. The van der Waals surface area contributed by atoms with E-state index in [0.29, 0.717) is 25.0 Å². The summed E-state index contributed by atoms with van der Waals surface area (Å²) in [6.45, 7) is 0.119. The van der Waals surface area contributed by atoms with Crippen LogP contribution in [0.15, 0.2) is 0 Å². The summed E-state index contributed by atoms with van der Waals surface area (Å²) in [4.78, 5) is 11.7. The Labute approximate surface area is 90.8 Å². The van der Waals surface area contributed by atoms with Crippen molar-refractivity contribution in [2.75, 3.05) is 6.61 Å². The Balaban J connectivity index is 2.01. The molecule has 2 aliphatic rings. The molecule has 0 aromatic heterocycles. The van der Waals surface area contributed by atoms with E-state index < -0.39 is 0 Å². The molecule has 2 fully saturated rings. The number of aliphatic hydroxyl groups is 1. The van der Waals surface area contributed by atoms with Crippen LogP contribution < -0.4 is 0 Å². The van der Waals surface area contributed by atoms with Crippen LogP contribution in [0.3, 0.4) is 0 Å². The maximum Gasteiger partial charge on any atom is 0.138 e. The van der Waals surface area contributed by atoms with Crippen molar-refractivity contribution in [3.05, 3.63) is 0 Å². The molecular weight excluding hydrogens is 192 g/mol. The number of ether oxygens (including phenoxy) is 1. The minimum Gasteiger partial charge on any atom is -0.396 e. The first-order valence-electron chi connectivity index (χ1n) is 6.04. The van der Waals surface area contributed by atoms with Gasteiger partial charge in [0.1, 0.15) is 5.78 Å². The second-order valence-electron chi connectivity index (χ2n) is 4.92. The lowest BCUT2D eigenvalue weighted by molar-refractivity contribution is -0.165. The van der Waals surface area contributed by atoms with Gasteiger partial charge in [-0.15, -0.1) is 0 Å². The molecule has 1 aliphatic heterocycles. The van der Waals surface area contributed by atoms with Gasteiger partial charge in [-0.1, -0.05) is 19.3 Å². The Hall–Kier alpha value is -0.410. The number of Topliss-reactive ketones (excluding diaryl/α,β-unsaturated/α-hetero) is 1. The molecule has 1 atom stereocenters. The van der Waals surface area contributed by atoms with Crippen molar-refractivity contribution in [3.8, 4) is 0 Å². The summed E-state index contributed by atoms with van der Waals surface area (Å²) in [6.07, 6.45) is 7.36. The van der Waals surface area contributed by atoms with Gasteiger partial charge in [-0.3, -0.25) is 4.79 Å². The number of hydrogen-bond donors (Lipinski definition) is 1. The van der Waals surface area contributed by atoms with E-state index in [-0.39, 0.29) is 18.3 Å². The highest BCUT2D eigenvalue weighted by atomic mass is 16.5. The molecule has 0 unspecified atom stereocenters. The number of hydrogen-bond acceptors (Lipinski definition) is 3. The monoisotopic (exact) mass is 212 g/mol. The summed E-state index contributed by atoms with van der Waals surface area (Å²) < 4.78 is 6.04. The van der Waals surface area contributed by atoms with Crippen molar-refractivity contribution in [1.29, 1.82) is 0 Å². The molecular formula is C12H20O3. The Morgan fingerprint density at radius 3 is 2.73 bits per heavy atom. The third-order valence-electron chi connectivity index (χ3n) is 3.61. The van der Waals surface area contributed by atoms with Crippen LogP contribution in [-0.2, 0) is 9.53 Å². The molecule has 0 amide bonds. The van der Waals surface area contributed by atoms with Crippen molar-refractivity contribution in [2.24, 2.45) is 0 Å². The van der Waals surface area contributed by atoms with E-state index in [1.165, 1.54) is 19.3 Å². The highest BCUT2D eigenvalue weighted by Gasteiger charge is 2.41. The number of rotatable bonds is 2. The molecule has 1 saturated heterocycles. The smallest absolute Gasteiger partial charge is 0.138 e. The number of ketones is 1. The fourth-order valence-corrected chi connectivity index (χ4v) is 2.92. The molecule has 0 aromatic carbocycles. The number of carbonyl (C=O) groups excluding carboxylic acids is 1. The zero-order valence-corrected chi connectivity index (χ0v) is 9.21. The van der Waals surface area contributed by atoms with Crippen molar-refractivity contribution in [2.45, 2.75) is 63.1 Å². The van der Waals surface area contributed by atoms with Gasteiger partial charge >= 0.3 is 0 Å². The first-order chi connectivity index (χ1) is 7.24. The normalized spacial score (nSPS) is 30.7. The largest absolute Gasteiger partial charge is 0.396 e. The van der Waals surface area contributed by atoms with Crippen molar-refractivity contribution >= 4 is 5.78 Å². The molecule has 1 aliphatic carbocycles. The summed E-state index contributed by atoms with van der Waals surface area (Å²) in [5, 5.41) is 8.90. The van der Waals surface area contributed by atoms with Gasteiger partial charge in [-0.05, 0) is 19.3 Å². The minimum absolute atomic E-state index is 0.0330. The van der Waals surface area contributed by atoms with Gasteiger partial charge in [-0.25, -0.2) is 0 Å². The predicted octanol–water partition coefficient (Wildman–Crippen LogP) is 1.82. The molecule has 1 spiro atoms.